The molecule has 0 saturated heterocycles. The van der Waals surface area contributed by atoms with Crippen LogP contribution in [0, 0.1) is 38.5 Å². The molecule has 2 aliphatic carbocycles. The molecule has 0 spiro atoms. The van der Waals surface area contributed by atoms with Gasteiger partial charge in [-0.15, -0.1) is 0 Å². The SMILES string of the molecule is C=NCCP(OCC1CCCC1)C(C(C)C)C(C)C.COCC1CCCC1.[CH3-].[CH3-].[Fe+2]. The van der Waals surface area contributed by atoms with Crippen LogP contribution in [0.4, 0.5) is 0 Å². The number of aliphatic imine (C=N–C) groups is 1. The van der Waals surface area contributed by atoms with E-state index in [9.17, 15) is 0 Å². The molecule has 2 fully saturated rings. The fraction of sp³-hybridized carbons (Fsp3) is 0.880. The molecule has 182 valence electrons. The molecule has 0 radical (unpaired) electrons. The molecule has 0 aliphatic heterocycles. The van der Waals surface area contributed by atoms with E-state index in [2.05, 4.69) is 39.4 Å². The van der Waals surface area contributed by atoms with Gasteiger partial charge in [-0.2, -0.15) is 0 Å². The summed E-state index contributed by atoms with van der Waals surface area (Å²) < 4.78 is 11.4. The number of hydrogen-bond acceptors (Lipinski definition) is 3. The monoisotopic (exact) mass is 485 g/mol. The van der Waals surface area contributed by atoms with E-state index in [1.54, 1.807) is 7.11 Å². The fourth-order valence-corrected chi connectivity index (χ4v) is 7.37. The van der Waals surface area contributed by atoms with E-state index in [1.165, 1.54) is 51.4 Å². The quantitative estimate of drug-likeness (QED) is 0.130. The van der Waals surface area contributed by atoms with Gasteiger partial charge in [0.15, 0.2) is 0 Å². The van der Waals surface area contributed by atoms with Gasteiger partial charge in [0.2, 0.25) is 0 Å². The number of hydrogen-bond donors (Lipinski definition) is 0. The van der Waals surface area contributed by atoms with Gasteiger partial charge in [0.05, 0.1) is 6.61 Å². The summed E-state index contributed by atoms with van der Waals surface area (Å²) in [5, 5.41) is 0. The molecule has 0 heterocycles. The maximum Gasteiger partial charge on any atom is 2.00 e. The summed E-state index contributed by atoms with van der Waals surface area (Å²) in [5.41, 5.74) is 0.693. The van der Waals surface area contributed by atoms with Gasteiger partial charge < -0.3 is 29.1 Å². The zero-order valence-electron chi connectivity index (χ0n) is 21.1. The third-order valence-electron chi connectivity index (χ3n) is 6.01. The molecule has 0 N–H and O–H groups in total. The normalized spacial score (nSPS) is 17.7. The Morgan fingerprint density at radius 3 is 1.67 bits per heavy atom. The van der Waals surface area contributed by atoms with Crippen LogP contribution >= 0.6 is 8.15 Å². The van der Waals surface area contributed by atoms with Crippen molar-refractivity contribution in [2.75, 3.05) is 33.0 Å². The molecule has 30 heavy (non-hydrogen) atoms. The Kier molecular flexibility index (Phi) is 25.1. The maximum atomic E-state index is 6.39. The van der Waals surface area contributed by atoms with Gasteiger partial charge in [-0.25, -0.2) is 0 Å². The number of rotatable bonds is 11. The van der Waals surface area contributed by atoms with Gasteiger partial charge in [0.1, 0.15) is 0 Å². The predicted octanol–water partition coefficient (Wildman–Crippen LogP) is 7.69. The van der Waals surface area contributed by atoms with Crippen molar-refractivity contribution in [1.82, 2.24) is 0 Å². The van der Waals surface area contributed by atoms with Gasteiger partial charge >= 0.3 is 17.1 Å². The van der Waals surface area contributed by atoms with E-state index in [4.69, 9.17) is 9.26 Å². The molecule has 5 heteroatoms. The Labute approximate surface area is 202 Å². The maximum absolute atomic E-state index is 6.39. The summed E-state index contributed by atoms with van der Waals surface area (Å²) in [7, 11) is 1.43. The standard InChI is InChI=1S/C16H32NOP.C7H14O.2CH3.Fe/c1-13(2)16(14(3)4)19(11-10-17-5)18-12-15-8-6-7-9-15;1-8-6-7-4-2-3-5-7;;;/h13-16H,5-12H2,1-4H3;7H,2-6H2,1H3;2*1H3;/q;;2*-1;+2. The van der Waals surface area contributed by atoms with Crippen LogP contribution < -0.4 is 0 Å². The van der Waals surface area contributed by atoms with E-state index < -0.39 is 0 Å². The van der Waals surface area contributed by atoms with E-state index in [1.807, 2.05) is 0 Å². The molecule has 2 rings (SSSR count). The van der Waals surface area contributed by atoms with Gasteiger partial charge in [-0.05, 0) is 56.1 Å². The van der Waals surface area contributed by atoms with Crippen molar-refractivity contribution in [3.63, 3.8) is 0 Å². The molecule has 0 bridgehead atoms. The molecular weight excluding hydrogens is 433 g/mol. The van der Waals surface area contributed by atoms with Crippen LogP contribution in [-0.4, -0.2) is 45.4 Å². The third-order valence-corrected chi connectivity index (χ3v) is 8.98. The molecule has 0 aromatic rings. The van der Waals surface area contributed by atoms with Gasteiger partial charge in [-0.1, -0.05) is 53.4 Å². The van der Waals surface area contributed by atoms with E-state index in [0.717, 1.165) is 37.8 Å². The minimum Gasteiger partial charge on any atom is -0.384 e. The Hall–Kier alpha value is 0.539. The van der Waals surface area contributed by atoms with E-state index in [-0.39, 0.29) is 40.1 Å². The minimum atomic E-state index is -0.359. The molecule has 3 nitrogen and oxygen atoms in total. The molecule has 0 amide bonds. The van der Waals surface area contributed by atoms with Crippen LogP contribution in [-0.2, 0) is 26.3 Å². The fourth-order valence-electron chi connectivity index (χ4n) is 4.69. The zero-order valence-corrected chi connectivity index (χ0v) is 23.1. The van der Waals surface area contributed by atoms with Crippen LogP contribution in [0.15, 0.2) is 4.99 Å². The first kappa shape index (κ1) is 35.1. The zero-order chi connectivity index (χ0) is 20.1. The summed E-state index contributed by atoms with van der Waals surface area (Å²) in [6, 6.07) is 0. The van der Waals surface area contributed by atoms with E-state index >= 15 is 0 Å². The summed E-state index contributed by atoms with van der Waals surface area (Å²) in [6.07, 6.45) is 12.3. The second-order valence-electron chi connectivity index (χ2n) is 9.12. The van der Waals surface area contributed by atoms with E-state index in [0.29, 0.717) is 17.5 Å². The Balaban J connectivity index is -0.000000565. The average molecular weight is 486 g/mol. The summed E-state index contributed by atoms with van der Waals surface area (Å²) in [4.78, 5) is 4.04. The topological polar surface area (TPSA) is 30.8 Å². The molecule has 2 aliphatic rings. The van der Waals surface area contributed by atoms with Crippen molar-refractivity contribution in [3.05, 3.63) is 14.9 Å². The first-order valence-electron chi connectivity index (χ1n) is 11.3. The first-order valence-corrected chi connectivity index (χ1v) is 12.8. The molecule has 1 unspecified atom stereocenters. The first-order chi connectivity index (χ1) is 13.0. The Morgan fingerprint density at radius 1 is 0.867 bits per heavy atom. The van der Waals surface area contributed by atoms with Gasteiger partial charge in [0.25, 0.3) is 0 Å². The summed E-state index contributed by atoms with van der Waals surface area (Å²) >= 11 is 0. The van der Waals surface area contributed by atoms with Crippen LogP contribution in [0.25, 0.3) is 0 Å². The predicted molar refractivity (Wildman–Crippen MR) is 134 cm³/mol. The van der Waals surface area contributed by atoms with Crippen molar-refractivity contribution in [1.29, 1.82) is 0 Å². The van der Waals surface area contributed by atoms with Gasteiger partial charge in [-0.3, -0.25) is 0 Å². The Bertz CT molecular complexity index is 362. The molecule has 2 saturated carbocycles. The van der Waals surface area contributed by atoms with Crippen LogP contribution in [0.2, 0.25) is 0 Å². The largest absolute Gasteiger partial charge is 2.00 e. The van der Waals surface area contributed by atoms with Crippen molar-refractivity contribution >= 4 is 14.9 Å². The van der Waals surface area contributed by atoms with Crippen molar-refractivity contribution < 1.29 is 26.3 Å². The van der Waals surface area contributed by atoms with Crippen LogP contribution in [0.1, 0.15) is 79.1 Å². The van der Waals surface area contributed by atoms with Crippen molar-refractivity contribution in [2.45, 2.75) is 84.7 Å². The number of nitrogens with zero attached hydrogens (tertiary/aromatic N) is 1. The molecular formula is C25H52FeNO2P. The summed E-state index contributed by atoms with van der Waals surface area (Å²) in [6.45, 7) is 15.8. The number of ether oxygens (including phenoxy) is 1. The molecule has 0 aromatic carbocycles. The van der Waals surface area contributed by atoms with Crippen molar-refractivity contribution in [3.8, 4) is 0 Å². The third kappa shape index (κ3) is 14.6. The van der Waals surface area contributed by atoms with Gasteiger partial charge in [0, 0.05) is 40.2 Å². The van der Waals surface area contributed by atoms with Crippen LogP contribution in [0.5, 0.6) is 0 Å². The smallest absolute Gasteiger partial charge is 0.384 e. The molecule has 1 atom stereocenters. The van der Waals surface area contributed by atoms with Crippen molar-refractivity contribution in [2.24, 2.45) is 28.7 Å². The number of methoxy groups -OCH3 is 1. The Morgan fingerprint density at radius 2 is 1.30 bits per heavy atom. The minimum absolute atomic E-state index is 0. The van der Waals surface area contributed by atoms with Crippen LogP contribution in [0.3, 0.4) is 0 Å². The average Bonchev–Trinajstić information content (AvgIpc) is 3.31. The second kappa shape index (κ2) is 21.4. The second-order valence-corrected chi connectivity index (χ2v) is 11.3. The molecule has 0 aromatic heterocycles. The summed E-state index contributed by atoms with van der Waals surface area (Å²) in [5.74, 6) is 3.10.